The highest BCUT2D eigenvalue weighted by molar-refractivity contribution is 6.41. The Balaban J connectivity index is 1.11. The van der Waals surface area contributed by atoms with Crippen molar-refractivity contribution in [1.82, 2.24) is 9.80 Å². The van der Waals surface area contributed by atoms with Gasteiger partial charge in [-0.1, -0.05) is 283 Å². The van der Waals surface area contributed by atoms with Crippen molar-refractivity contribution in [2.45, 2.75) is 297 Å². The van der Waals surface area contributed by atoms with Gasteiger partial charge in [0.2, 0.25) is 0 Å². The number of nitrogens with zero attached hydrogens (tertiary/aromatic N) is 2. The fourth-order valence-corrected chi connectivity index (χ4v) is 13.5. The molecule has 6 heteroatoms. The van der Waals surface area contributed by atoms with Crippen molar-refractivity contribution in [2.24, 2.45) is 0 Å². The minimum absolute atomic E-state index is 0.120. The van der Waals surface area contributed by atoms with Crippen molar-refractivity contribution in [3.63, 3.8) is 0 Å². The van der Waals surface area contributed by atoms with E-state index < -0.39 is 0 Å². The number of amides is 4. The highest BCUT2D eigenvalue weighted by Gasteiger charge is 2.40. The van der Waals surface area contributed by atoms with Crippen LogP contribution in [0.4, 0.5) is 0 Å². The third-order valence-electron chi connectivity index (χ3n) is 18.0. The van der Waals surface area contributed by atoms with E-state index in [-0.39, 0.29) is 35.7 Å². The molecular formula is C70H102N2O4. The lowest BCUT2D eigenvalue weighted by atomic mass is 9.81. The van der Waals surface area contributed by atoms with Crippen molar-refractivity contribution in [2.75, 3.05) is 0 Å². The van der Waals surface area contributed by atoms with Crippen LogP contribution in [0.5, 0.6) is 0 Å². The van der Waals surface area contributed by atoms with Crippen LogP contribution < -0.4 is 0 Å². The molecule has 4 amide bonds. The van der Waals surface area contributed by atoms with E-state index in [1.54, 1.807) is 9.80 Å². The summed E-state index contributed by atoms with van der Waals surface area (Å²) < 4.78 is 0. The smallest absolute Gasteiger partial charge is 0.261 e. The van der Waals surface area contributed by atoms with Gasteiger partial charge in [-0.15, -0.1) is 0 Å². The fraction of sp³-hybridized carbons (Fsp3) is 0.657. The van der Waals surface area contributed by atoms with Gasteiger partial charge in [-0.2, -0.15) is 0 Å². The Hall–Kier alpha value is -4.32. The van der Waals surface area contributed by atoms with Gasteiger partial charge in [0.05, 0.1) is 0 Å². The summed E-state index contributed by atoms with van der Waals surface area (Å²) in [5, 5.41) is 7.18. The van der Waals surface area contributed by atoms with E-state index in [1.807, 2.05) is 24.3 Å². The average molecular weight is 1040 g/mol. The average Bonchev–Trinajstić information content (AvgIpc) is 3.62. The van der Waals surface area contributed by atoms with Crippen LogP contribution in [0.1, 0.15) is 326 Å². The molecule has 7 rings (SSSR count). The van der Waals surface area contributed by atoms with Crippen molar-refractivity contribution in [1.29, 1.82) is 0 Å². The van der Waals surface area contributed by atoms with Crippen molar-refractivity contribution in [3.8, 4) is 0 Å². The molecule has 2 unspecified atom stereocenters. The highest BCUT2D eigenvalue weighted by Crippen LogP contribution is 2.47. The minimum atomic E-state index is -0.162. The van der Waals surface area contributed by atoms with Gasteiger partial charge in [-0.25, -0.2) is 0 Å². The molecule has 0 N–H and O–H groups in total. The normalized spacial score (nSPS) is 14.5. The number of carbonyl (C=O) groups is 4. The molecule has 0 aromatic heterocycles. The van der Waals surface area contributed by atoms with Gasteiger partial charge in [0, 0.05) is 45.1 Å². The van der Waals surface area contributed by atoms with Crippen molar-refractivity contribution in [3.05, 3.63) is 70.8 Å². The summed E-state index contributed by atoms with van der Waals surface area (Å²) in [5.74, 6) is -0.650. The Kier molecular flexibility index (Phi) is 24.9. The Morgan fingerprint density at radius 1 is 0.250 bits per heavy atom. The Labute approximate surface area is 461 Å². The largest absolute Gasteiger partial charge is 0.271 e. The zero-order chi connectivity index (χ0) is 53.5. The molecule has 0 radical (unpaired) electrons. The molecule has 2 aliphatic heterocycles. The van der Waals surface area contributed by atoms with Gasteiger partial charge in [0.1, 0.15) is 0 Å². The van der Waals surface area contributed by atoms with Crippen molar-refractivity contribution < 1.29 is 19.2 Å². The van der Waals surface area contributed by atoms with Gasteiger partial charge in [0.25, 0.3) is 23.6 Å². The molecule has 6 nitrogen and oxygen atoms in total. The highest BCUT2D eigenvalue weighted by atomic mass is 16.2. The first-order valence-electron chi connectivity index (χ1n) is 32.3. The van der Waals surface area contributed by atoms with E-state index in [2.05, 4.69) is 52.0 Å². The molecule has 5 aromatic carbocycles. The lowest BCUT2D eigenvalue weighted by Crippen LogP contribution is -2.47. The zero-order valence-electron chi connectivity index (χ0n) is 48.6. The second-order valence-corrected chi connectivity index (χ2v) is 23.9. The molecule has 0 aliphatic carbocycles. The monoisotopic (exact) mass is 1030 g/mol. The first kappa shape index (κ1) is 59.3. The maximum absolute atomic E-state index is 15.0. The molecule has 0 spiro atoms. The molecule has 0 saturated carbocycles. The second-order valence-electron chi connectivity index (χ2n) is 23.9. The van der Waals surface area contributed by atoms with Crippen LogP contribution in [0.2, 0.25) is 0 Å². The molecule has 2 aliphatic rings. The van der Waals surface area contributed by atoms with E-state index in [0.717, 1.165) is 120 Å². The van der Waals surface area contributed by atoms with Crippen LogP contribution in [-0.4, -0.2) is 45.5 Å². The summed E-state index contributed by atoms with van der Waals surface area (Å²) in [6.07, 6.45) is 48.2. The second kappa shape index (κ2) is 31.9. The molecule has 0 fully saturated rings. The Morgan fingerprint density at radius 2 is 0.434 bits per heavy atom. The van der Waals surface area contributed by atoms with E-state index in [1.165, 1.54) is 180 Å². The number of hydrogen-bond donors (Lipinski definition) is 0. The van der Waals surface area contributed by atoms with Crippen molar-refractivity contribution >= 4 is 66.7 Å². The van der Waals surface area contributed by atoms with Gasteiger partial charge in [0.15, 0.2) is 0 Å². The standard InChI is InChI=1S/C70H102N2O4/c1-5-9-13-17-21-25-27-31-35-39-43-53(41-37-33-29-23-19-15-11-7-3)71-67(73)59-49-45-55-57-47-51-61-66-62(52-48-58(64(57)66)56-46-50-60(68(71)74)65(59)63(55)56)70(76)72(69(61)75)54(42-38-34-30-24-20-16-12-8-4)44-40-36-32-28-26-22-18-14-10-6-2/h45-54H,5-44H2,1-4H3. The number of benzene rings is 5. The predicted molar refractivity (Wildman–Crippen MR) is 324 cm³/mol. The number of unbranched alkanes of at least 4 members (excludes halogenated alkanes) is 32. The van der Waals surface area contributed by atoms with Gasteiger partial charge >= 0.3 is 0 Å². The van der Waals surface area contributed by atoms with Crippen LogP contribution in [0.3, 0.4) is 0 Å². The fourth-order valence-electron chi connectivity index (χ4n) is 13.5. The molecule has 416 valence electrons. The number of rotatable bonds is 42. The first-order valence-corrected chi connectivity index (χ1v) is 32.3. The van der Waals surface area contributed by atoms with Gasteiger partial charge in [-0.05, 0) is 82.3 Å². The summed E-state index contributed by atoms with van der Waals surface area (Å²) in [5.41, 5.74) is 2.44. The molecule has 0 saturated heterocycles. The van der Waals surface area contributed by atoms with E-state index in [0.29, 0.717) is 22.3 Å². The lowest BCUT2D eigenvalue weighted by Gasteiger charge is -2.35. The Bertz CT molecular complexity index is 2290. The summed E-state index contributed by atoms with van der Waals surface area (Å²) in [4.78, 5) is 63.2. The van der Waals surface area contributed by atoms with Crippen LogP contribution in [-0.2, 0) is 0 Å². The quantitative estimate of drug-likeness (QED) is 0.0169. The number of hydrogen-bond acceptors (Lipinski definition) is 4. The Morgan fingerprint density at radius 3 is 0.632 bits per heavy atom. The topological polar surface area (TPSA) is 74.8 Å². The SMILES string of the molecule is CCCCCCCCCCCCC(CCCCCCCCCC)N1C(=O)c2ccc3c4ccc5c6c(ccc(c7ccc(c2c37)C1=O)c64)C(=O)N(C(CCCCCCCCCC)CCCCCCCCCCCC)C5=O. The summed E-state index contributed by atoms with van der Waals surface area (Å²) in [7, 11) is 0. The molecule has 76 heavy (non-hydrogen) atoms. The molecule has 2 atom stereocenters. The van der Waals surface area contributed by atoms with Crippen LogP contribution in [0.25, 0.3) is 43.1 Å². The van der Waals surface area contributed by atoms with E-state index in [9.17, 15) is 19.2 Å². The van der Waals surface area contributed by atoms with E-state index >= 15 is 0 Å². The third-order valence-corrected chi connectivity index (χ3v) is 18.0. The number of imide groups is 2. The molecular weight excluding hydrogens is 933 g/mol. The zero-order valence-corrected chi connectivity index (χ0v) is 48.6. The van der Waals surface area contributed by atoms with Crippen LogP contribution in [0.15, 0.2) is 48.5 Å². The first-order chi connectivity index (χ1) is 37.4. The number of carbonyl (C=O) groups excluding carboxylic acids is 4. The maximum Gasteiger partial charge on any atom is 0.261 e. The molecule has 0 bridgehead atoms. The lowest BCUT2D eigenvalue weighted by molar-refractivity contribution is 0.0501. The number of fused-ring (bicyclic) bond motifs is 2. The van der Waals surface area contributed by atoms with E-state index in [4.69, 9.17) is 0 Å². The summed E-state index contributed by atoms with van der Waals surface area (Å²) in [6, 6.07) is 15.9. The molecule has 5 aromatic rings. The molecule has 2 heterocycles. The predicted octanol–water partition coefficient (Wildman–Crippen LogP) is 21.4. The maximum atomic E-state index is 15.0. The van der Waals surface area contributed by atoms with Crippen LogP contribution in [0, 0.1) is 0 Å². The summed E-state index contributed by atoms with van der Waals surface area (Å²) >= 11 is 0. The van der Waals surface area contributed by atoms with Gasteiger partial charge in [-0.3, -0.25) is 29.0 Å². The van der Waals surface area contributed by atoms with Gasteiger partial charge < -0.3 is 0 Å². The van der Waals surface area contributed by atoms with Crippen LogP contribution >= 0.6 is 0 Å². The third kappa shape index (κ3) is 15.1. The minimum Gasteiger partial charge on any atom is -0.271 e. The summed E-state index contributed by atoms with van der Waals surface area (Å²) in [6.45, 7) is 9.07.